The number of unbranched alkanes of at least 4 members (excludes halogenated alkanes) is 18. The van der Waals surface area contributed by atoms with Crippen molar-refractivity contribution >= 4 is 17.9 Å². The second-order valence-corrected chi connectivity index (χ2v) is 14.9. The molecule has 0 spiro atoms. The molecule has 56 heavy (non-hydrogen) atoms. The number of ether oxygens (including phenoxy) is 3. The fraction of sp³-hybridized carbons (Fsp3) is 0.700. The van der Waals surface area contributed by atoms with Crippen LogP contribution < -0.4 is 0 Å². The lowest BCUT2D eigenvalue weighted by Gasteiger charge is -2.18. The van der Waals surface area contributed by atoms with E-state index in [1.165, 1.54) is 96.3 Å². The van der Waals surface area contributed by atoms with E-state index in [1.54, 1.807) is 6.08 Å². The van der Waals surface area contributed by atoms with E-state index in [0.717, 1.165) is 64.2 Å². The normalized spacial score (nSPS) is 12.7. The molecule has 6 nitrogen and oxygen atoms in total. The topological polar surface area (TPSA) is 78.9 Å². The number of hydrogen-bond acceptors (Lipinski definition) is 6. The van der Waals surface area contributed by atoms with Crippen molar-refractivity contribution in [2.75, 3.05) is 13.2 Å². The highest BCUT2D eigenvalue weighted by Gasteiger charge is 2.19. The second-order valence-electron chi connectivity index (χ2n) is 14.9. The molecule has 320 valence electrons. The zero-order valence-electron chi connectivity index (χ0n) is 36.4. The van der Waals surface area contributed by atoms with Gasteiger partial charge >= 0.3 is 17.9 Å². The average Bonchev–Trinajstić information content (AvgIpc) is 3.19. The minimum Gasteiger partial charge on any atom is -0.462 e. The van der Waals surface area contributed by atoms with Crippen molar-refractivity contribution in [3.63, 3.8) is 0 Å². The van der Waals surface area contributed by atoms with Crippen LogP contribution in [0.1, 0.15) is 207 Å². The Morgan fingerprint density at radius 1 is 0.393 bits per heavy atom. The van der Waals surface area contributed by atoms with Crippen molar-refractivity contribution in [2.45, 2.75) is 213 Å². The largest absolute Gasteiger partial charge is 0.462 e. The highest BCUT2D eigenvalue weighted by atomic mass is 16.6. The van der Waals surface area contributed by atoms with E-state index >= 15 is 0 Å². The number of esters is 3. The van der Waals surface area contributed by atoms with Gasteiger partial charge in [-0.1, -0.05) is 184 Å². The van der Waals surface area contributed by atoms with Crippen LogP contribution in [0.2, 0.25) is 0 Å². The Morgan fingerprint density at radius 2 is 0.804 bits per heavy atom. The molecule has 0 rings (SSSR count). The van der Waals surface area contributed by atoms with E-state index < -0.39 is 18.0 Å². The van der Waals surface area contributed by atoms with Crippen LogP contribution in [0.25, 0.3) is 0 Å². The third-order valence-corrected chi connectivity index (χ3v) is 9.46. The van der Waals surface area contributed by atoms with Gasteiger partial charge in [0.25, 0.3) is 0 Å². The lowest BCUT2D eigenvalue weighted by Crippen LogP contribution is -2.30. The molecule has 0 aliphatic heterocycles. The fourth-order valence-corrected chi connectivity index (χ4v) is 6.02. The molecule has 0 aromatic rings. The Labute approximate surface area is 344 Å². The van der Waals surface area contributed by atoms with E-state index in [0.29, 0.717) is 12.8 Å². The van der Waals surface area contributed by atoms with Gasteiger partial charge in [0.15, 0.2) is 6.10 Å². The van der Waals surface area contributed by atoms with Crippen molar-refractivity contribution in [3.05, 3.63) is 72.9 Å². The predicted molar refractivity (Wildman–Crippen MR) is 238 cm³/mol. The highest BCUT2D eigenvalue weighted by Crippen LogP contribution is 2.12. The minimum atomic E-state index is -0.841. The molecule has 0 saturated carbocycles. The first-order chi connectivity index (χ1) is 27.5. The van der Waals surface area contributed by atoms with Gasteiger partial charge in [-0.15, -0.1) is 0 Å². The van der Waals surface area contributed by atoms with Gasteiger partial charge in [-0.25, -0.2) is 0 Å². The molecule has 6 heteroatoms. The van der Waals surface area contributed by atoms with Gasteiger partial charge in [0.1, 0.15) is 13.2 Å². The van der Waals surface area contributed by atoms with Crippen LogP contribution in [0.4, 0.5) is 0 Å². The van der Waals surface area contributed by atoms with Crippen LogP contribution in [0.15, 0.2) is 72.9 Å². The summed E-state index contributed by atoms with van der Waals surface area (Å²) < 4.78 is 16.5. The molecule has 0 amide bonds. The Balaban J connectivity index is 4.49. The Bertz CT molecular complexity index is 1080. The van der Waals surface area contributed by atoms with E-state index in [1.807, 2.05) is 12.2 Å². The molecule has 0 radical (unpaired) electrons. The maximum atomic E-state index is 12.7. The summed E-state index contributed by atoms with van der Waals surface area (Å²) in [7, 11) is 0. The van der Waals surface area contributed by atoms with Crippen LogP contribution in [0, 0.1) is 0 Å². The van der Waals surface area contributed by atoms with Crippen LogP contribution in [-0.2, 0) is 28.6 Å². The van der Waals surface area contributed by atoms with Gasteiger partial charge in [0, 0.05) is 12.8 Å². The van der Waals surface area contributed by atoms with E-state index in [-0.39, 0.29) is 32.0 Å². The van der Waals surface area contributed by atoms with Gasteiger partial charge in [-0.3, -0.25) is 14.4 Å². The second kappa shape index (κ2) is 44.6. The van der Waals surface area contributed by atoms with Gasteiger partial charge in [-0.05, 0) is 77.0 Å². The molecule has 0 aliphatic rings. The molecule has 0 aromatic carbocycles. The zero-order valence-corrected chi connectivity index (χ0v) is 36.4. The molecular weight excluding hydrogens is 697 g/mol. The first-order valence-corrected chi connectivity index (χ1v) is 22.9. The summed E-state index contributed by atoms with van der Waals surface area (Å²) in [6, 6.07) is 0. The molecule has 0 aliphatic carbocycles. The Hall–Kier alpha value is -3.15. The first kappa shape index (κ1) is 52.9. The van der Waals surface area contributed by atoms with Crippen LogP contribution in [-0.4, -0.2) is 37.2 Å². The smallest absolute Gasteiger partial charge is 0.309 e. The number of rotatable bonds is 40. The summed E-state index contributed by atoms with van der Waals surface area (Å²) in [5, 5.41) is 0. The fourth-order valence-electron chi connectivity index (χ4n) is 6.02. The molecule has 0 N–H and O–H groups in total. The molecule has 0 heterocycles. The molecule has 1 unspecified atom stereocenters. The van der Waals surface area contributed by atoms with E-state index in [4.69, 9.17) is 14.2 Å². The molecule has 0 aromatic heterocycles. The van der Waals surface area contributed by atoms with E-state index in [9.17, 15) is 14.4 Å². The standard InChI is InChI=1S/C50H84O6/c1-4-7-10-13-16-19-21-23-24-25-27-28-31-34-37-40-43-49(52)55-46-47(45-54-48(51)42-39-36-33-30-18-15-12-9-6-3)56-50(53)44-41-38-35-32-29-26-22-20-17-14-11-8-5-2/h9,12,18,24-26,29-30,35-36,38-39,47H,4-8,10-11,13-17,19-23,27-28,31-34,37,40-46H2,1-3H3/b12-9-,25-24-,29-26-,30-18-,38-35-,39-36-. The lowest BCUT2D eigenvalue weighted by atomic mass is 10.1. The molecule has 1 atom stereocenters. The molecular formula is C50H84O6. The Kier molecular flexibility index (Phi) is 42.1. The van der Waals surface area contributed by atoms with Crippen LogP contribution in [0.3, 0.4) is 0 Å². The van der Waals surface area contributed by atoms with Gasteiger partial charge in [0.05, 0.1) is 6.42 Å². The first-order valence-electron chi connectivity index (χ1n) is 22.9. The van der Waals surface area contributed by atoms with Crippen molar-refractivity contribution < 1.29 is 28.6 Å². The summed E-state index contributed by atoms with van der Waals surface area (Å²) in [6.45, 7) is 6.33. The summed E-state index contributed by atoms with van der Waals surface area (Å²) in [5.41, 5.74) is 0. The summed E-state index contributed by atoms with van der Waals surface area (Å²) in [5.74, 6) is -1.14. The maximum absolute atomic E-state index is 12.7. The maximum Gasteiger partial charge on any atom is 0.309 e. The van der Waals surface area contributed by atoms with Crippen molar-refractivity contribution in [3.8, 4) is 0 Å². The van der Waals surface area contributed by atoms with Crippen molar-refractivity contribution in [1.29, 1.82) is 0 Å². The lowest BCUT2D eigenvalue weighted by molar-refractivity contribution is -0.166. The third-order valence-electron chi connectivity index (χ3n) is 9.46. The SMILES string of the molecule is CC/C=C\C/C=C\C/C=C\CC(=O)OCC(COC(=O)CCCCCCC/C=C\CCCCCCCCC)OC(=O)CC/C=C\C/C=C\CCCCCCCC. The number of allylic oxidation sites excluding steroid dienone is 11. The number of carbonyl (C=O) groups is 3. The molecule has 0 saturated heterocycles. The van der Waals surface area contributed by atoms with Crippen molar-refractivity contribution in [1.82, 2.24) is 0 Å². The average molecular weight is 781 g/mol. The van der Waals surface area contributed by atoms with Crippen LogP contribution in [0.5, 0.6) is 0 Å². The molecule has 0 bridgehead atoms. The highest BCUT2D eigenvalue weighted by molar-refractivity contribution is 5.72. The monoisotopic (exact) mass is 781 g/mol. The quantitative estimate of drug-likeness (QED) is 0.0267. The van der Waals surface area contributed by atoms with Gasteiger partial charge in [-0.2, -0.15) is 0 Å². The van der Waals surface area contributed by atoms with Crippen molar-refractivity contribution in [2.24, 2.45) is 0 Å². The molecule has 0 fully saturated rings. The van der Waals surface area contributed by atoms with Gasteiger partial charge in [0.2, 0.25) is 0 Å². The number of carbonyl (C=O) groups excluding carboxylic acids is 3. The third kappa shape index (κ3) is 42.0. The summed E-state index contributed by atoms with van der Waals surface area (Å²) in [4.78, 5) is 37.6. The predicted octanol–water partition coefficient (Wildman–Crippen LogP) is 14.7. The van der Waals surface area contributed by atoms with E-state index in [2.05, 4.69) is 75.5 Å². The zero-order chi connectivity index (χ0) is 40.8. The van der Waals surface area contributed by atoms with Crippen LogP contribution >= 0.6 is 0 Å². The summed E-state index contributed by atoms with van der Waals surface area (Å²) >= 11 is 0. The van der Waals surface area contributed by atoms with Gasteiger partial charge < -0.3 is 14.2 Å². The minimum absolute atomic E-state index is 0.123. The number of hydrogen-bond donors (Lipinski definition) is 0. The Morgan fingerprint density at radius 3 is 1.34 bits per heavy atom. The summed E-state index contributed by atoms with van der Waals surface area (Å²) in [6.07, 6.45) is 55.1.